The molecule has 132 valence electrons. The summed E-state index contributed by atoms with van der Waals surface area (Å²) in [7, 11) is 3.50. The van der Waals surface area contributed by atoms with Gasteiger partial charge in [-0.15, -0.1) is 0 Å². The summed E-state index contributed by atoms with van der Waals surface area (Å²) in [6.45, 7) is 1.63. The van der Waals surface area contributed by atoms with Gasteiger partial charge in [0.05, 0.1) is 0 Å². The van der Waals surface area contributed by atoms with Crippen molar-refractivity contribution in [3.05, 3.63) is 70.3 Å². The van der Waals surface area contributed by atoms with Crippen LogP contribution in [-0.2, 0) is 23.7 Å². The molecule has 2 N–H and O–H groups in total. The zero-order chi connectivity index (χ0) is 18.1. The summed E-state index contributed by atoms with van der Waals surface area (Å²) in [4.78, 5) is 2.10. The molecule has 0 unspecified atom stereocenters. The summed E-state index contributed by atoms with van der Waals surface area (Å²) in [5.74, 6) is -0.203. The number of fused-ring (bicyclic) bond motifs is 1. The highest BCUT2D eigenvalue weighted by Gasteiger charge is 2.17. The van der Waals surface area contributed by atoms with Crippen molar-refractivity contribution in [3.8, 4) is 0 Å². The first-order valence-corrected chi connectivity index (χ1v) is 9.71. The summed E-state index contributed by atoms with van der Waals surface area (Å²) in [5, 5.41) is 1.27. The smallest absolute Gasteiger partial charge is 0.128 e. The average molecular weight is 464 g/mol. The van der Waals surface area contributed by atoms with Gasteiger partial charge in [-0.3, -0.25) is 4.90 Å². The molecule has 3 rings (SSSR count). The van der Waals surface area contributed by atoms with E-state index in [1.54, 1.807) is 12.1 Å². The maximum absolute atomic E-state index is 13.0. The molecule has 0 spiro atoms. The van der Waals surface area contributed by atoms with Crippen LogP contribution in [0, 0.1) is 11.6 Å². The molecular formula is C18H22Br2F2N2. The molecule has 0 aromatic heterocycles. The number of hydrogen-bond donors (Lipinski definition) is 1. The molecule has 2 aromatic carbocycles. The normalized spacial score (nSPS) is 12.6. The van der Waals surface area contributed by atoms with Crippen LogP contribution in [0.25, 0.3) is 0 Å². The molecule has 0 fully saturated rings. The van der Waals surface area contributed by atoms with E-state index in [1.165, 1.54) is 19.2 Å². The van der Waals surface area contributed by atoms with Crippen LogP contribution in [0.2, 0.25) is 0 Å². The third kappa shape index (κ3) is 5.62. The maximum atomic E-state index is 13.0. The Kier molecular flexibility index (Phi) is 9.66. The Morgan fingerprint density at radius 2 is 1.58 bits per heavy atom. The Morgan fingerprint density at radius 1 is 0.958 bits per heavy atom. The highest BCUT2D eigenvalue weighted by molar-refractivity contribution is 9.09. The van der Waals surface area contributed by atoms with E-state index in [0.717, 1.165) is 35.3 Å². The van der Waals surface area contributed by atoms with Gasteiger partial charge in [-0.1, -0.05) is 56.1 Å². The minimum atomic E-state index is -0.140. The average Bonchev–Trinajstić information content (AvgIpc) is 2.99. The maximum Gasteiger partial charge on any atom is 0.128 e. The molecule has 2 aromatic rings. The number of benzene rings is 2. The lowest BCUT2D eigenvalue weighted by atomic mass is 10.1. The summed E-state index contributed by atoms with van der Waals surface area (Å²) in [6, 6.07) is 10.4. The molecule has 0 radical (unpaired) electrons. The minimum Gasteiger partial charge on any atom is -0.333 e. The van der Waals surface area contributed by atoms with Crippen molar-refractivity contribution >= 4 is 31.9 Å². The lowest BCUT2D eigenvalue weighted by molar-refractivity contribution is 0.350. The van der Waals surface area contributed by atoms with Crippen LogP contribution in [0.5, 0.6) is 0 Å². The molecule has 2 nitrogen and oxygen atoms in total. The van der Waals surface area contributed by atoms with Gasteiger partial charge in [0.2, 0.25) is 0 Å². The first kappa shape index (κ1) is 21.2. The van der Waals surface area contributed by atoms with Crippen molar-refractivity contribution in [2.75, 3.05) is 14.1 Å². The summed E-state index contributed by atoms with van der Waals surface area (Å²) >= 11 is 6.53. The lowest BCUT2D eigenvalue weighted by Crippen LogP contribution is -2.07. The summed E-state index contributed by atoms with van der Waals surface area (Å²) in [5.41, 5.74) is 8.24. The van der Waals surface area contributed by atoms with Gasteiger partial charge in [-0.05, 0) is 37.4 Å². The topological polar surface area (TPSA) is 29.3 Å². The number of nitrogens with zero attached hydrogens (tertiary/aromatic N) is 1. The van der Waals surface area contributed by atoms with Gasteiger partial charge in [-0.2, -0.15) is 0 Å². The molecule has 24 heavy (non-hydrogen) atoms. The first-order valence-electron chi connectivity index (χ1n) is 7.47. The van der Waals surface area contributed by atoms with E-state index < -0.39 is 0 Å². The Labute approximate surface area is 159 Å². The SMILES string of the molecule is CN.CN1Cc2cccc(F)c2C1.Fc1cccc(CBr)c1CBr. The summed E-state index contributed by atoms with van der Waals surface area (Å²) in [6.07, 6.45) is 0. The van der Waals surface area contributed by atoms with Crippen molar-refractivity contribution in [1.29, 1.82) is 0 Å². The largest absolute Gasteiger partial charge is 0.333 e. The molecule has 1 aliphatic heterocycles. The third-order valence-electron chi connectivity index (χ3n) is 3.58. The second-order valence-electron chi connectivity index (χ2n) is 5.19. The summed E-state index contributed by atoms with van der Waals surface area (Å²) < 4.78 is 26.0. The van der Waals surface area contributed by atoms with E-state index in [0.29, 0.717) is 10.7 Å². The van der Waals surface area contributed by atoms with Gasteiger partial charge >= 0.3 is 0 Å². The predicted molar refractivity (Wildman–Crippen MR) is 103 cm³/mol. The Balaban J connectivity index is 0.000000218. The van der Waals surface area contributed by atoms with Crippen molar-refractivity contribution in [1.82, 2.24) is 4.90 Å². The Hall–Kier alpha value is -0.820. The van der Waals surface area contributed by atoms with E-state index in [1.807, 2.05) is 19.2 Å². The highest BCUT2D eigenvalue weighted by Crippen LogP contribution is 2.23. The molecule has 0 amide bonds. The standard InChI is InChI=1S/C9H10FN.C8H7Br2F.CH5N/c1-11-5-7-3-2-4-9(10)8(7)6-11;9-4-6-2-1-3-8(11)7(6)5-10;1-2/h2-4H,5-6H2,1H3;1-3H,4-5H2;2H2,1H3. The monoisotopic (exact) mass is 462 g/mol. The van der Waals surface area contributed by atoms with Crippen molar-refractivity contribution in [2.45, 2.75) is 23.7 Å². The third-order valence-corrected chi connectivity index (χ3v) is 4.74. The zero-order valence-electron chi connectivity index (χ0n) is 13.8. The molecule has 0 atom stereocenters. The molecule has 0 saturated carbocycles. The molecule has 1 aliphatic rings. The first-order chi connectivity index (χ1) is 11.6. The molecule has 0 saturated heterocycles. The number of alkyl halides is 2. The number of rotatable bonds is 2. The molecule has 1 heterocycles. The van der Waals surface area contributed by atoms with E-state index in [4.69, 9.17) is 0 Å². The van der Waals surface area contributed by atoms with E-state index in [9.17, 15) is 8.78 Å². The van der Waals surface area contributed by atoms with E-state index >= 15 is 0 Å². The van der Waals surface area contributed by atoms with Crippen LogP contribution < -0.4 is 5.73 Å². The van der Waals surface area contributed by atoms with Gasteiger partial charge in [0.15, 0.2) is 0 Å². The van der Waals surface area contributed by atoms with Crippen LogP contribution >= 0.6 is 31.9 Å². The van der Waals surface area contributed by atoms with Gasteiger partial charge in [0.1, 0.15) is 11.6 Å². The molecule has 0 aliphatic carbocycles. The highest BCUT2D eigenvalue weighted by atomic mass is 79.9. The minimum absolute atomic E-state index is 0.0631. The van der Waals surface area contributed by atoms with Crippen LogP contribution in [0.3, 0.4) is 0 Å². The van der Waals surface area contributed by atoms with Crippen LogP contribution in [-0.4, -0.2) is 19.0 Å². The van der Waals surface area contributed by atoms with Gasteiger partial charge in [-0.25, -0.2) is 8.78 Å². The second kappa shape index (κ2) is 10.9. The van der Waals surface area contributed by atoms with E-state index in [-0.39, 0.29) is 11.6 Å². The lowest BCUT2D eigenvalue weighted by Gasteiger charge is -2.03. The fourth-order valence-electron chi connectivity index (χ4n) is 2.42. The second-order valence-corrected chi connectivity index (χ2v) is 6.32. The van der Waals surface area contributed by atoms with Gasteiger partial charge in [0, 0.05) is 34.9 Å². The zero-order valence-corrected chi connectivity index (χ0v) is 17.0. The van der Waals surface area contributed by atoms with E-state index in [2.05, 4.69) is 42.5 Å². The van der Waals surface area contributed by atoms with Crippen molar-refractivity contribution in [2.24, 2.45) is 5.73 Å². The number of hydrogen-bond acceptors (Lipinski definition) is 2. The van der Waals surface area contributed by atoms with Crippen LogP contribution in [0.15, 0.2) is 36.4 Å². The predicted octanol–water partition coefficient (Wildman–Crippen LogP) is 4.96. The fraction of sp³-hybridized carbons (Fsp3) is 0.333. The van der Waals surface area contributed by atoms with Gasteiger partial charge < -0.3 is 5.73 Å². The van der Waals surface area contributed by atoms with Crippen molar-refractivity contribution < 1.29 is 8.78 Å². The van der Waals surface area contributed by atoms with Crippen molar-refractivity contribution in [3.63, 3.8) is 0 Å². The molecule has 6 heteroatoms. The molecule has 0 bridgehead atoms. The number of nitrogens with two attached hydrogens (primary N) is 1. The number of halogens is 4. The van der Waals surface area contributed by atoms with Crippen LogP contribution in [0.4, 0.5) is 8.78 Å². The quantitative estimate of drug-likeness (QED) is 0.637. The molecular weight excluding hydrogens is 442 g/mol. The fourth-order valence-corrected chi connectivity index (χ4v) is 3.58. The van der Waals surface area contributed by atoms with Gasteiger partial charge in [0.25, 0.3) is 0 Å². The Morgan fingerprint density at radius 3 is 2.12 bits per heavy atom. The Bertz CT molecular complexity index is 651. The van der Waals surface area contributed by atoms with Crippen LogP contribution in [0.1, 0.15) is 22.3 Å².